The van der Waals surface area contributed by atoms with Gasteiger partial charge in [0, 0.05) is 19.3 Å². The molecule has 0 amide bonds. The number of fused-ring (bicyclic) bond motifs is 1. The van der Waals surface area contributed by atoms with Crippen molar-refractivity contribution in [2.75, 3.05) is 18.0 Å². The summed E-state index contributed by atoms with van der Waals surface area (Å²) >= 11 is 0. The van der Waals surface area contributed by atoms with Gasteiger partial charge in [-0.25, -0.2) is 9.97 Å². The Bertz CT molecular complexity index is 662. The summed E-state index contributed by atoms with van der Waals surface area (Å²) in [7, 11) is 0. The van der Waals surface area contributed by atoms with Crippen molar-refractivity contribution in [1.29, 1.82) is 5.26 Å². The van der Waals surface area contributed by atoms with Crippen LogP contribution in [0.5, 0.6) is 0 Å². The van der Waals surface area contributed by atoms with Gasteiger partial charge >= 0.3 is 0 Å². The van der Waals surface area contributed by atoms with Gasteiger partial charge in [0.15, 0.2) is 0 Å². The zero-order valence-electron chi connectivity index (χ0n) is 9.98. The van der Waals surface area contributed by atoms with Crippen molar-refractivity contribution in [2.24, 2.45) is 5.41 Å². The van der Waals surface area contributed by atoms with Gasteiger partial charge in [0.25, 0.3) is 0 Å². The van der Waals surface area contributed by atoms with E-state index in [0.717, 1.165) is 29.9 Å². The van der Waals surface area contributed by atoms with Gasteiger partial charge in [-0.15, -0.1) is 0 Å². The second-order valence-electron chi connectivity index (χ2n) is 5.41. The number of hydrogen-bond donors (Lipinski definition) is 1. The minimum absolute atomic E-state index is 0.556. The molecule has 1 N–H and O–H groups in total. The van der Waals surface area contributed by atoms with Crippen molar-refractivity contribution >= 4 is 16.9 Å². The third kappa shape index (κ3) is 1.26. The average Bonchev–Trinajstić information content (AvgIpc) is 2.86. The maximum atomic E-state index is 9.16. The van der Waals surface area contributed by atoms with Crippen molar-refractivity contribution in [3.63, 3.8) is 0 Å². The highest BCUT2D eigenvalue weighted by atomic mass is 15.2. The van der Waals surface area contributed by atoms with Crippen LogP contribution in [0.3, 0.4) is 0 Å². The van der Waals surface area contributed by atoms with Crippen LogP contribution in [0.4, 0.5) is 5.82 Å². The molecule has 1 aliphatic heterocycles. The third-order valence-corrected chi connectivity index (χ3v) is 4.27. The Morgan fingerprint density at radius 3 is 2.94 bits per heavy atom. The first-order valence-corrected chi connectivity index (χ1v) is 6.28. The Morgan fingerprint density at radius 1 is 1.33 bits per heavy atom. The summed E-state index contributed by atoms with van der Waals surface area (Å²) in [6.07, 6.45) is 7.23. The number of hydrogen-bond acceptors (Lipinski definition) is 4. The van der Waals surface area contributed by atoms with Crippen LogP contribution in [0.1, 0.15) is 24.8 Å². The Labute approximate surface area is 104 Å². The van der Waals surface area contributed by atoms with Crippen molar-refractivity contribution in [3.8, 4) is 6.07 Å². The lowest BCUT2D eigenvalue weighted by Gasteiger charge is -2.18. The molecule has 4 rings (SSSR count). The molecule has 90 valence electrons. The fourth-order valence-electron chi connectivity index (χ4n) is 2.98. The maximum Gasteiger partial charge on any atom is 0.144 e. The second-order valence-corrected chi connectivity index (χ2v) is 5.41. The topological polar surface area (TPSA) is 68.6 Å². The van der Waals surface area contributed by atoms with Crippen LogP contribution >= 0.6 is 0 Å². The minimum Gasteiger partial charge on any atom is -0.355 e. The van der Waals surface area contributed by atoms with E-state index >= 15 is 0 Å². The van der Waals surface area contributed by atoms with Gasteiger partial charge < -0.3 is 9.88 Å². The monoisotopic (exact) mass is 239 g/mol. The summed E-state index contributed by atoms with van der Waals surface area (Å²) < 4.78 is 0. The molecule has 2 aromatic heterocycles. The molecule has 5 nitrogen and oxygen atoms in total. The molecular formula is C13H13N5. The number of nitriles is 1. The van der Waals surface area contributed by atoms with Gasteiger partial charge in [-0.05, 0) is 24.7 Å². The summed E-state index contributed by atoms with van der Waals surface area (Å²) in [5.41, 5.74) is 1.95. The predicted octanol–water partition coefficient (Wildman–Crippen LogP) is 1.82. The minimum atomic E-state index is 0.556. The van der Waals surface area contributed by atoms with E-state index in [1.807, 2.05) is 0 Å². The van der Waals surface area contributed by atoms with E-state index in [4.69, 9.17) is 5.26 Å². The first kappa shape index (κ1) is 9.89. The number of nitrogens with one attached hydrogen (secondary N) is 1. The second kappa shape index (κ2) is 3.22. The molecule has 0 unspecified atom stereocenters. The summed E-state index contributed by atoms with van der Waals surface area (Å²) in [4.78, 5) is 13.9. The van der Waals surface area contributed by atoms with Gasteiger partial charge in [-0.3, -0.25) is 0 Å². The third-order valence-electron chi connectivity index (χ3n) is 4.27. The Morgan fingerprint density at radius 2 is 2.22 bits per heavy atom. The van der Waals surface area contributed by atoms with Crippen molar-refractivity contribution < 1.29 is 0 Å². The van der Waals surface area contributed by atoms with Crippen LogP contribution < -0.4 is 4.90 Å². The molecule has 1 saturated heterocycles. The van der Waals surface area contributed by atoms with Gasteiger partial charge in [0.05, 0.1) is 10.9 Å². The maximum absolute atomic E-state index is 9.16. The van der Waals surface area contributed by atoms with Crippen LogP contribution in [0, 0.1) is 16.7 Å². The molecular weight excluding hydrogens is 226 g/mol. The highest BCUT2D eigenvalue weighted by molar-refractivity contribution is 5.92. The average molecular weight is 239 g/mol. The lowest BCUT2D eigenvalue weighted by molar-refractivity contribution is 0.581. The number of rotatable bonds is 1. The number of anilines is 1. The largest absolute Gasteiger partial charge is 0.355 e. The van der Waals surface area contributed by atoms with Crippen molar-refractivity contribution in [1.82, 2.24) is 15.0 Å². The van der Waals surface area contributed by atoms with Gasteiger partial charge in [-0.2, -0.15) is 5.26 Å². The normalized spacial score (nSPS) is 20.5. The van der Waals surface area contributed by atoms with Crippen molar-refractivity contribution in [2.45, 2.75) is 19.3 Å². The Kier molecular flexibility index (Phi) is 1.77. The van der Waals surface area contributed by atoms with Crippen LogP contribution in [0.25, 0.3) is 11.0 Å². The lowest BCUT2D eigenvalue weighted by atomic mass is 10.1. The van der Waals surface area contributed by atoms with Gasteiger partial charge in [0.1, 0.15) is 23.9 Å². The van der Waals surface area contributed by atoms with Crippen LogP contribution in [0.2, 0.25) is 0 Å². The summed E-state index contributed by atoms with van der Waals surface area (Å²) in [5.74, 6) is 0.918. The van der Waals surface area contributed by atoms with E-state index in [1.54, 1.807) is 12.5 Å². The number of aromatic nitrogens is 3. The molecule has 3 heterocycles. The smallest absolute Gasteiger partial charge is 0.144 e. The summed E-state index contributed by atoms with van der Waals surface area (Å²) in [6.45, 7) is 2.12. The van der Waals surface area contributed by atoms with E-state index in [9.17, 15) is 0 Å². The van der Waals surface area contributed by atoms with Crippen LogP contribution in [-0.2, 0) is 0 Å². The lowest BCUT2D eigenvalue weighted by Crippen LogP contribution is -2.21. The molecule has 1 saturated carbocycles. The molecule has 0 aromatic carbocycles. The molecule has 0 atom stereocenters. The molecule has 0 radical (unpaired) electrons. The highest BCUT2D eigenvalue weighted by Gasteiger charge is 2.48. The van der Waals surface area contributed by atoms with E-state index in [-0.39, 0.29) is 0 Å². The molecule has 2 fully saturated rings. The molecule has 2 aromatic rings. The quantitative estimate of drug-likeness (QED) is 0.824. The molecule has 1 spiro atoms. The van der Waals surface area contributed by atoms with Crippen LogP contribution in [0.15, 0.2) is 12.5 Å². The zero-order chi connectivity index (χ0) is 12.2. The van der Waals surface area contributed by atoms with E-state index < -0.39 is 0 Å². The van der Waals surface area contributed by atoms with E-state index in [1.165, 1.54) is 19.3 Å². The first-order chi connectivity index (χ1) is 8.81. The fraction of sp³-hybridized carbons (Fsp3) is 0.462. The molecule has 2 aliphatic rings. The SMILES string of the molecule is N#Cc1c[nH]c2ncnc(N3CCC4(CC4)C3)c12. The highest BCUT2D eigenvalue weighted by Crippen LogP contribution is 2.53. The standard InChI is InChI=1S/C13H13N5/c14-5-9-6-15-11-10(9)12(17-8-16-11)18-4-3-13(7-18)1-2-13/h6,8H,1-4,7H2,(H,15,16,17). The Balaban J connectivity index is 1.84. The first-order valence-electron chi connectivity index (χ1n) is 6.28. The molecule has 0 bridgehead atoms. The molecule has 5 heteroatoms. The van der Waals surface area contributed by atoms with Crippen molar-refractivity contribution in [3.05, 3.63) is 18.1 Å². The van der Waals surface area contributed by atoms with Gasteiger partial charge in [0.2, 0.25) is 0 Å². The predicted molar refractivity (Wildman–Crippen MR) is 67.1 cm³/mol. The summed E-state index contributed by atoms with van der Waals surface area (Å²) in [5, 5.41) is 10.0. The zero-order valence-corrected chi connectivity index (χ0v) is 9.98. The molecule has 1 aliphatic carbocycles. The van der Waals surface area contributed by atoms with E-state index in [0.29, 0.717) is 11.0 Å². The fourth-order valence-corrected chi connectivity index (χ4v) is 2.98. The number of nitrogens with zero attached hydrogens (tertiary/aromatic N) is 4. The number of aromatic amines is 1. The van der Waals surface area contributed by atoms with Gasteiger partial charge in [-0.1, -0.05) is 0 Å². The number of H-pyrrole nitrogens is 1. The van der Waals surface area contributed by atoms with E-state index in [2.05, 4.69) is 25.9 Å². The summed E-state index contributed by atoms with van der Waals surface area (Å²) in [6, 6.07) is 2.21. The van der Waals surface area contributed by atoms with Crippen LogP contribution in [-0.4, -0.2) is 28.0 Å². The Hall–Kier alpha value is -2.09. The molecule has 18 heavy (non-hydrogen) atoms.